The summed E-state index contributed by atoms with van der Waals surface area (Å²) >= 11 is 0. The van der Waals surface area contributed by atoms with Gasteiger partial charge in [-0.25, -0.2) is 4.98 Å². The Morgan fingerprint density at radius 3 is 3.07 bits per heavy atom. The standard InChI is InChI=1S/C9H17N5O/c1-3-4-7(2)5-14-6-11-9(12-14)8(10)13-15/h6-7,15H,3-5H2,1-2H3,(H2,10,13). The third-order valence-corrected chi connectivity index (χ3v) is 2.15. The maximum absolute atomic E-state index is 8.44. The van der Waals surface area contributed by atoms with Crippen LogP contribution >= 0.6 is 0 Å². The Kier molecular flexibility index (Phi) is 4.08. The van der Waals surface area contributed by atoms with Crippen LogP contribution in [0, 0.1) is 5.92 Å². The summed E-state index contributed by atoms with van der Waals surface area (Å²) in [5, 5.41) is 15.4. The van der Waals surface area contributed by atoms with Crippen LogP contribution in [0.1, 0.15) is 32.5 Å². The fourth-order valence-corrected chi connectivity index (χ4v) is 1.45. The number of oxime groups is 1. The molecule has 0 aliphatic rings. The van der Waals surface area contributed by atoms with E-state index in [-0.39, 0.29) is 11.7 Å². The van der Waals surface area contributed by atoms with Crippen molar-refractivity contribution in [2.45, 2.75) is 33.2 Å². The van der Waals surface area contributed by atoms with Crippen LogP contribution in [0.3, 0.4) is 0 Å². The predicted octanol–water partition coefficient (Wildman–Crippen LogP) is 0.809. The zero-order valence-corrected chi connectivity index (χ0v) is 9.09. The molecule has 0 aliphatic heterocycles. The smallest absolute Gasteiger partial charge is 0.219 e. The van der Waals surface area contributed by atoms with Gasteiger partial charge < -0.3 is 10.9 Å². The van der Waals surface area contributed by atoms with Crippen molar-refractivity contribution in [3.63, 3.8) is 0 Å². The van der Waals surface area contributed by atoms with Gasteiger partial charge in [-0.15, -0.1) is 5.10 Å². The van der Waals surface area contributed by atoms with Gasteiger partial charge in [0.1, 0.15) is 6.33 Å². The molecule has 1 heterocycles. The molecule has 0 saturated carbocycles. The van der Waals surface area contributed by atoms with E-state index >= 15 is 0 Å². The number of aromatic nitrogens is 3. The normalized spacial score (nSPS) is 14.1. The summed E-state index contributed by atoms with van der Waals surface area (Å²) < 4.78 is 1.72. The summed E-state index contributed by atoms with van der Waals surface area (Å²) in [4.78, 5) is 3.94. The number of hydrogen-bond acceptors (Lipinski definition) is 4. The van der Waals surface area contributed by atoms with Crippen molar-refractivity contribution in [2.24, 2.45) is 16.8 Å². The number of amidine groups is 1. The van der Waals surface area contributed by atoms with E-state index < -0.39 is 0 Å². The summed E-state index contributed by atoms with van der Waals surface area (Å²) in [6.07, 6.45) is 3.90. The van der Waals surface area contributed by atoms with Gasteiger partial charge in [-0.3, -0.25) is 4.68 Å². The zero-order chi connectivity index (χ0) is 11.3. The third-order valence-electron chi connectivity index (χ3n) is 2.15. The lowest BCUT2D eigenvalue weighted by atomic mass is 10.1. The molecule has 6 nitrogen and oxygen atoms in total. The highest BCUT2D eigenvalue weighted by atomic mass is 16.4. The van der Waals surface area contributed by atoms with E-state index in [1.54, 1.807) is 11.0 Å². The molecule has 0 bridgehead atoms. The summed E-state index contributed by atoms with van der Waals surface area (Å²) in [5.74, 6) is 0.759. The van der Waals surface area contributed by atoms with E-state index in [0.717, 1.165) is 19.4 Å². The first-order valence-corrected chi connectivity index (χ1v) is 5.04. The Balaban J connectivity index is 2.60. The molecule has 1 rings (SSSR count). The first-order valence-electron chi connectivity index (χ1n) is 5.04. The van der Waals surface area contributed by atoms with E-state index in [2.05, 4.69) is 29.1 Å². The molecule has 3 N–H and O–H groups in total. The van der Waals surface area contributed by atoms with Crippen LogP contribution in [0.5, 0.6) is 0 Å². The lowest BCUT2D eigenvalue weighted by molar-refractivity contribution is 0.318. The molecule has 1 unspecified atom stereocenters. The Hall–Kier alpha value is -1.59. The van der Waals surface area contributed by atoms with Crippen LogP contribution in [0.4, 0.5) is 0 Å². The average Bonchev–Trinajstić information content (AvgIpc) is 2.65. The SMILES string of the molecule is CCCC(C)Cn1cnc(C(N)=NO)n1. The second-order valence-electron chi connectivity index (χ2n) is 3.67. The van der Waals surface area contributed by atoms with Gasteiger partial charge in [-0.1, -0.05) is 25.4 Å². The molecular formula is C9H17N5O. The van der Waals surface area contributed by atoms with Crippen molar-refractivity contribution in [1.82, 2.24) is 14.8 Å². The zero-order valence-electron chi connectivity index (χ0n) is 9.09. The first-order chi connectivity index (χ1) is 7.17. The minimum atomic E-state index is -0.0584. The number of hydrogen-bond donors (Lipinski definition) is 2. The quantitative estimate of drug-likeness (QED) is 0.326. The number of nitrogens with two attached hydrogens (primary N) is 1. The molecule has 0 amide bonds. The summed E-state index contributed by atoms with van der Waals surface area (Å²) in [6, 6.07) is 0. The molecule has 0 fully saturated rings. The second-order valence-corrected chi connectivity index (χ2v) is 3.67. The van der Waals surface area contributed by atoms with Gasteiger partial charge in [0, 0.05) is 6.54 Å². The van der Waals surface area contributed by atoms with Gasteiger partial charge in [0.05, 0.1) is 0 Å². The van der Waals surface area contributed by atoms with Gasteiger partial charge in [0.2, 0.25) is 11.7 Å². The molecular weight excluding hydrogens is 194 g/mol. The Bertz CT molecular complexity index is 333. The highest BCUT2D eigenvalue weighted by Gasteiger charge is 2.07. The molecule has 6 heteroatoms. The third kappa shape index (κ3) is 3.23. The fourth-order valence-electron chi connectivity index (χ4n) is 1.45. The largest absolute Gasteiger partial charge is 0.409 e. The monoisotopic (exact) mass is 211 g/mol. The van der Waals surface area contributed by atoms with Crippen LogP contribution in [-0.4, -0.2) is 25.8 Å². The highest BCUT2D eigenvalue weighted by Crippen LogP contribution is 2.07. The summed E-state index contributed by atoms with van der Waals surface area (Å²) in [6.45, 7) is 5.12. The molecule has 0 radical (unpaired) electrons. The van der Waals surface area contributed by atoms with Gasteiger partial charge in [0.15, 0.2) is 0 Å². The van der Waals surface area contributed by atoms with Crippen LogP contribution in [-0.2, 0) is 6.54 Å². The second kappa shape index (κ2) is 5.33. The van der Waals surface area contributed by atoms with E-state index in [1.165, 1.54) is 0 Å². The molecule has 0 aromatic carbocycles. The van der Waals surface area contributed by atoms with Gasteiger partial charge in [0.25, 0.3) is 0 Å². The molecule has 1 aromatic rings. The number of nitrogens with zero attached hydrogens (tertiary/aromatic N) is 4. The Labute approximate surface area is 88.8 Å². The minimum Gasteiger partial charge on any atom is -0.409 e. The van der Waals surface area contributed by atoms with Crippen LogP contribution in [0.25, 0.3) is 0 Å². The van der Waals surface area contributed by atoms with Crippen molar-refractivity contribution in [3.05, 3.63) is 12.2 Å². The highest BCUT2D eigenvalue weighted by molar-refractivity contribution is 5.93. The minimum absolute atomic E-state index is 0.0584. The van der Waals surface area contributed by atoms with Crippen LogP contribution < -0.4 is 5.73 Å². The van der Waals surface area contributed by atoms with E-state index in [0.29, 0.717) is 5.92 Å². The maximum atomic E-state index is 8.44. The molecule has 0 aliphatic carbocycles. The van der Waals surface area contributed by atoms with Gasteiger partial charge >= 0.3 is 0 Å². The molecule has 1 aromatic heterocycles. The van der Waals surface area contributed by atoms with Crippen LogP contribution in [0.15, 0.2) is 11.5 Å². The van der Waals surface area contributed by atoms with E-state index in [9.17, 15) is 0 Å². The van der Waals surface area contributed by atoms with Gasteiger partial charge in [-0.05, 0) is 12.3 Å². The van der Waals surface area contributed by atoms with E-state index in [4.69, 9.17) is 10.9 Å². The molecule has 0 saturated heterocycles. The lowest BCUT2D eigenvalue weighted by Gasteiger charge is -2.08. The Morgan fingerprint density at radius 1 is 1.73 bits per heavy atom. The summed E-state index contributed by atoms with van der Waals surface area (Å²) in [7, 11) is 0. The summed E-state index contributed by atoms with van der Waals surface area (Å²) in [5.41, 5.74) is 5.36. The van der Waals surface area contributed by atoms with Crippen LogP contribution in [0.2, 0.25) is 0 Å². The first kappa shape index (κ1) is 11.5. The fraction of sp³-hybridized carbons (Fsp3) is 0.667. The molecule has 84 valence electrons. The molecule has 0 spiro atoms. The lowest BCUT2D eigenvalue weighted by Crippen LogP contribution is -2.16. The molecule has 1 atom stereocenters. The van der Waals surface area contributed by atoms with Crippen molar-refractivity contribution in [3.8, 4) is 0 Å². The number of rotatable bonds is 5. The van der Waals surface area contributed by atoms with Gasteiger partial charge in [-0.2, -0.15) is 0 Å². The topological polar surface area (TPSA) is 89.3 Å². The maximum Gasteiger partial charge on any atom is 0.219 e. The van der Waals surface area contributed by atoms with E-state index in [1.807, 2.05) is 0 Å². The van der Waals surface area contributed by atoms with Crippen molar-refractivity contribution in [1.29, 1.82) is 0 Å². The van der Waals surface area contributed by atoms with Crippen molar-refractivity contribution >= 4 is 5.84 Å². The molecule has 15 heavy (non-hydrogen) atoms. The van der Waals surface area contributed by atoms with Crippen molar-refractivity contribution in [2.75, 3.05) is 0 Å². The Morgan fingerprint density at radius 2 is 2.47 bits per heavy atom. The van der Waals surface area contributed by atoms with Crippen molar-refractivity contribution < 1.29 is 5.21 Å². The predicted molar refractivity (Wildman–Crippen MR) is 56.6 cm³/mol. The average molecular weight is 211 g/mol.